The molecule has 0 spiro atoms. The van der Waals surface area contributed by atoms with E-state index in [4.69, 9.17) is 25.5 Å². The Morgan fingerprint density at radius 1 is 0.188 bits per heavy atom. The van der Waals surface area contributed by atoms with Crippen molar-refractivity contribution in [2.24, 2.45) is 0 Å². The summed E-state index contributed by atoms with van der Waals surface area (Å²) in [6.07, 6.45) is 48.9. The summed E-state index contributed by atoms with van der Waals surface area (Å²) in [5.74, 6) is -3.31. The number of unbranched alkanes of at least 4 members (excludes halogenated alkanes) is 34. The molecule has 0 radical (unpaired) electrons. The Morgan fingerprint density at radius 3 is 0.375 bits per heavy atom. The van der Waals surface area contributed by atoms with Crippen LogP contribution in [0.15, 0.2) is 0 Å². The van der Waals surface area contributed by atoms with Crippen LogP contribution in [0.3, 0.4) is 0 Å². The molecule has 0 aromatic heterocycles. The highest BCUT2D eigenvalue weighted by atomic mass is 16.4. The zero-order chi connectivity index (χ0) is 49.0. The van der Waals surface area contributed by atoms with Gasteiger partial charge in [0.2, 0.25) is 0 Å². The van der Waals surface area contributed by atoms with Crippen LogP contribution in [0.2, 0.25) is 0 Å². The molecule has 5 N–H and O–H groups in total. The molecule has 0 bridgehead atoms. The van der Waals surface area contributed by atoms with E-state index in [9.17, 15) is 24.0 Å². The average Bonchev–Trinajstić information content (AvgIpc) is 3.25. The number of hydrogen-bond donors (Lipinski definition) is 5. The van der Waals surface area contributed by atoms with Gasteiger partial charge in [-0.05, 0) is 32.1 Å². The van der Waals surface area contributed by atoms with Gasteiger partial charge in [0, 0.05) is 32.1 Å². The summed E-state index contributed by atoms with van der Waals surface area (Å²) < 4.78 is 0. The molecule has 0 aromatic carbocycles. The van der Waals surface area contributed by atoms with E-state index in [2.05, 4.69) is 34.6 Å². The van der Waals surface area contributed by atoms with E-state index in [1.165, 1.54) is 186 Å². The van der Waals surface area contributed by atoms with E-state index in [1.54, 1.807) is 0 Å². The van der Waals surface area contributed by atoms with Crippen LogP contribution in [-0.4, -0.2) is 55.4 Å². The first-order valence-electron chi connectivity index (χ1n) is 26.9. The standard InChI is InChI=1S/C14H28O2.4C10H20O2/c1-2-3-4-5-6-7-8-9-10-11-12-13-14(15)16;4*1-2-3-4-5-6-7-8-9-10(11)12/h2-13H2,1H3,(H,15,16);4*2-9H2,1H3,(H,11,12). The summed E-state index contributed by atoms with van der Waals surface area (Å²) in [5, 5.41) is 41.9. The second-order valence-electron chi connectivity index (χ2n) is 17.7. The highest BCUT2D eigenvalue weighted by Crippen LogP contribution is 2.13. The minimum atomic E-state index is -0.663. The van der Waals surface area contributed by atoms with Crippen LogP contribution >= 0.6 is 0 Å². The highest BCUT2D eigenvalue weighted by molar-refractivity contribution is 5.67. The molecule has 0 heterocycles. The van der Waals surface area contributed by atoms with Crippen LogP contribution in [0.25, 0.3) is 0 Å². The van der Waals surface area contributed by atoms with E-state index in [1.807, 2.05) is 0 Å². The molecule has 0 aliphatic rings. The lowest BCUT2D eigenvalue weighted by molar-refractivity contribution is -0.138. The van der Waals surface area contributed by atoms with E-state index in [-0.39, 0.29) is 0 Å². The Morgan fingerprint density at radius 2 is 0.281 bits per heavy atom. The van der Waals surface area contributed by atoms with Gasteiger partial charge in [-0.3, -0.25) is 24.0 Å². The maximum Gasteiger partial charge on any atom is 0.303 e. The Labute approximate surface area is 395 Å². The van der Waals surface area contributed by atoms with Crippen molar-refractivity contribution < 1.29 is 49.5 Å². The van der Waals surface area contributed by atoms with Crippen molar-refractivity contribution in [2.75, 3.05) is 0 Å². The fourth-order valence-corrected chi connectivity index (χ4v) is 6.87. The number of carboxylic acids is 5. The van der Waals surface area contributed by atoms with Crippen LogP contribution in [0.5, 0.6) is 0 Å². The second-order valence-corrected chi connectivity index (χ2v) is 17.7. The van der Waals surface area contributed by atoms with Crippen molar-refractivity contribution >= 4 is 29.8 Å². The van der Waals surface area contributed by atoms with Gasteiger partial charge in [-0.1, -0.05) is 253 Å². The number of rotatable bonds is 44. The maximum absolute atomic E-state index is 10.3. The monoisotopic (exact) mass is 917 g/mol. The minimum absolute atomic E-state index is 0.341. The van der Waals surface area contributed by atoms with Crippen LogP contribution in [0.4, 0.5) is 0 Å². The van der Waals surface area contributed by atoms with Crippen molar-refractivity contribution in [3.63, 3.8) is 0 Å². The van der Waals surface area contributed by atoms with Crippen LogP contribution in [0, 0.1) is 0 Å². The molecule has 0 fully saturated rings. The molecule has 10 nitrogen and oxygen atoms in total. The Kier molecular flexibility index (Phi) is 73.6. The van der Waals surface area contributed by atoms with E-state index >= 15 is 0 Å². The van der Waals surface area contributed by atoms with Crippen LogP contribution < -0.4 is 0 Å². The molecule has 0 aliphatic heterocycles. The van der Waals surface area contributed by atoms with Gasteiger partial charge in [0.1, 0.15) is 0 Å². The van der Waals surface area contributed by atoms with Crippen molar-refractivity contribution in [3.8, 4) is 0 Å². The molecular formula is C54H108O10. The Balaban J connectivity index is -0.000000228. The molecule has 0 atom stereocenters. The molecule has 0 saturated carbocycles. The molecule has 0 aromatic rings. The summed E-state index contributed by atoms with van der Waals surface area (Å²) in [7, 11) is 0. The molecular weight excluding hydrogens is 809 g/mol. The molecule has 10 heteroatoms. The smallest absolute Gasteiger partial charge is 0.303 e. The first kappa shape index (κ1) is 70.4. The predicted octanol–water partition coefficient (Wildman–Crippen LogP) is 17.6. The van der Waals surface area contributed by atoms with Gasteiger partial charge in [-0.25, -0.2) is 0 Å². The topological polar surface area (TPSA) is 186 Å². The van der Waals surface area contributed by atoms with Crippen molar-refractivity contribution in [2.45, 2.75) is 317 Å². The van der Waals surface area contributed by atoms with Gasteiger partial charge in [0.05, 0.1) is 0 Å². The first-order chi connectivity index (χ1) is 30.9. The van der Waals surface area contributed by atoms with Gasteiger partial charge in [-0.15, -0.1) is 0 Å². The molecule has 0 saturated heterocycles. The summed E-state index contributed by atoms with van der Waals surface area (Å²) in [5.41, 5.74) is 0. The number of carboxylic acid groups (broad SMARTS) is 5. The Bertz CT molecular complexity index is 827. The zero-order valence-electron chi connectivity index (χ0n) is 42.9. The van der Waals surface area contributed by atoms with Crippen LogP contribution in [0.1, 0.15) is 317 Å². The maximum atomic E-state index is 10.3. The molecule has 0 aliphatic carbocycles. The number of aliphatic carboxylic acids is 5. The third-order valence-electron chi connectivity index (χ3n) is 11.0. The third-order valence-corrected chi connectivity index (χ3v) is 11.0. The molecule has 0 amide bonds. The predicted molar refractivity (Wildman–Crippen MR) is 270 cm³/mol. The summed E-state index contributed by atoms with van der Waals surface area (Å²) in [6, 6.07) is 0. The van der Waals surface area contributed by atoms with E-state index < -0.39 is 29.8 Å². The van der Waals surface area contributed by atoms with Crippen LogP contribution in [-0.2, 0) is 24.0 Å². The van der Waals surface area contributed by atoms with Gasteiger partial charge < -0.3 is 25.5 Å². The minimum Gasteiger partial charge on any atom is -0.481 e. The average molecular weight is 917 g/mol. The molecule has 384 valence electrons. The normalized spacial score (nSPS) is 10.2. The largest absolute Gasteiger partial charge is 0.481 e. The fourth-order valence-electron chi connectivity index (χ4n) is 6.87. The lowest BCUT2D eigenvalue weighted by Gasteiger charge is -2.01. The SMILES string of the molecule is CCCCCCCCCC(=O)O.CCCCCCCCCC(=O)O.CCCCCCCCCC(=O)O.CCCCCCCCCC(=O)O.CCCCCCCCCCCCCC(=O)O. The van der Waals surface area contributed by atoms with Crippen molar-refractivity contribution in [3.05, 3.63) is 0 Å². The first-order valence-corrected chi connectivity index (χ1v) is 26.9. The summed E-state index contributed by atoms with van der Waals surface area (Å²) >= 11 is 0. The number of hydrogen-bond acceptors (Lipinski definition) is 5. The van der Waals surface area contributed by atoms with Gasteiger partial charge >= 0.3 is 29.8 Å². The summed E-state index contributed by atoms with van der Waals surface area (Å²) in [4.78, 5) is 50.8. The van der Waals surface area contributed by atoms with Gasteiger partial charge in [-0.2, -0.15) is 0 Å². The van der Waals surface area contributed by atoms with Gasteiger partial charge in [0.25, 0.3) is 0 Å². The lowest BCUT2D eigenvalue weighted by Crippen LogP contribution is -1.93. The zero-order valence-corrected chi connectivity index (χ0v) is 42.9. The number of carbonyl (C=O) groups is 5. The molecule has 64 heavy (non-hydrogen) atoms. The van der Waals surface area contributed by atoms with E-state index in [0.717, 1.165) is 64.2 Å². The van der Waals surface area contributed by atoms with Crippen molar-refractivity contribution in [1.29, 1.82) is 0 Å². The van der Waals surface area contributed by atoms with Gasteiger partial charge in [0.15, 0.2) is 0 Å². The van der Waals surface area contributed by atoms with E-state index in [0.29, 0.717) is 32.1 Å². The second kappa shape index (κ2) is 66.9. The van der Waals surface area contributed by atoms with Crippen molar-refractivity contribution in [1.82, 2.24) is 0 Å². The quantitative estimate of drug-likeness (QED) is 0.0368. The molecule has 0 unspecified atom stereocenters. The fraction of sp³-hybridized carbons (Fsp3) is 0.907. The third kappa shape index (κ3) is 94.1. The molecule has 0 rings (SSSR count). The highest BCUT2D eigenvalue weighted by Gasteiger charge is 2.00. The Hall–Kier alpha value is -2.65. The summed E-state index contributed by atoms with van der Waals surface area (Å²) in [6.45, 7) is 11.0. The lowest BCUT2D eigenvalue weighted by atomic mass is 10.1.